The van der Waals surface area contributed by atoms with Crippen LogP contribution in [0.3, 0.4) is 0 Å². The molecule has 1 fully saturated rings. The van der Waals surface area contributed by atoms with Crippen molar-refractivity contribution in [2.75, 3.05) is 58.9 Å². The van der Waals surface area contributed by atoms with Gasteiger partial charge in [0.2, 0.25) is 15.9 Å². The number of carbonyl (C=O) groups is 1. The summed E-state index contributed by atoms with van der Waals surface area (Å²) in [6.07, 6.45) is 0. The number of ether oxygens (including phenoxy) is 1. The van der Waals surface area contributed by atoms with E-state index in [-0.39, 0.29) is 53.6 Å². The maximum atomic E-state index is 13.4. The van der Waals surface area contributed by atoms with Gasteiger partial charge in [0, 0.05) is 64.0 Å². The molecule has 0 aromatic heterocycles. The minimum absolute atomic E-state index is 0. The van der Waals surface area contributed by atoms with Crippen molar-refractivity contribution < 1.29 is 17.9 Å². The van der Waals surface area contributed by atoms with Crippen molar-refractivity contribution >= 4 is 46.4 Å². The van der Waals surface area contributed by atoms with Gasteiger partial charge in [-0.3, -0.25) is 9.69 Å². The van der Waals surface area contributed by atoms with E-state index < -0.39 is 10.0 Å². The Morgan fingerprint density at radius 2 is 1.94 bits per heavy atom. The van der Waals surface area contributed by atoms with Gasteiger partial charge in [-0.05, 0) is 24.6 Å². The molecular weight excluding hydrogens is 475 g/mol. The van der Waals surface area contributed by atoms with Crippen molar-refractivity contribution in [2.45, 2.75) is 43.2 Å². The normalized spacial score (nSPS) is 22.8. The highest BCUT2D eigenvalue weighted by atomic mass is 35.5. The molecule has 0 bridgehead atoms. The molecule has 8 nitrogen and oxygen atoms in total. The van der Waals surface area contributed by atoms with Gasteiger partial charge in [0.15, 0.2) is 0 Å². The number of hydrogen-bond donors (Lipinski definition) is 1. The van der Waals surface area contributed by atoms with E-state index in [4.69, 9.17) is 4.74 Å². The van der Waals surface area contributed by atoms with Crippen LogP contribution in [0.4, 0.5) is 5.69 Å². The summed E-state index contributed by atoms with van der Waals surface area (Å²) in [6, 6.07) is 5.55. The third-order valence-electron chi connectivity index (χ3n) is 6.05. The number of methoxy groups -OCH3 is 1. The Hall–Kier alpha value is -0.940. The molecule has 0 unspecified atom stereocenters. The molecule has 2 aliphatic rings. The zero-order valence-electron chi connectivity index (χ0n) is 19.6. The summed E-state index contributed by atoms with van der Waals surface area (Å²) in [6.45, 7) is 9.17. The molecule has 1 N–H and O–H groups in total. The van der Waals surface area contributed by atoms with E-state index >= 15 is 0 Å². The molecule has 3 rings (SSSR count). The number of rotatable bonds is 6. The Balaban J connectivity index is 0.00000256. The molecule has 11 heteroatoms. The van der Waals surface area contributed by atoms with Gasteiger partial charge in [-0.15, -0.1) is 24.8 Å². The highest BCUT2D eigenvalue weighted by Crippen LogP contribution is 2.42. The fourth-order valence-electron chi connectivity index (χ4n) is 4.31. The van der Waals surface area contributed by atoms with Crippen molar-refractivity contribution in [2.24, 2.45) is 0 Å². The predicted molar refractivity (Wildman–Crippen MR) is 132 cm³/mol. The van der Waals surface area contributed by atoms with Gasteiger partial charge >= 0.3 is 0 Å². The Bertz CT molecular complexity index is 911. The van der Waals surface area contributed by atoms with Crippen LogP contribution in [0.1, 0.15) is 26.3 Å². The lowest BCUT2D eigenvalue weighted by atomic mass is 9.87. The second-order valence-electron chi connectivity index (χ2n) is 9.18. The molecule has 2 atom stereocenters. The fraction of sp³-hybridized carbons (Fsp3) is 0.667. The van der Waals surface area contributed by atoms with E-state index in [1.54, 1.807) is 24.1 Å². The van der Waals surface area contributed by atoms with Crippen LogP contribution in [0.15, 0.2) is 23.1 Å². The topological polar surface area (TPSA) is 82.2 Å². The average molecular weight is 512 g/mol. The van der Waals surface area contributed by atoms with Gasteiger partial charge in [-0.1, -0.05) is 19.9 Å². The Kier molecular flexibility index (Phi) is 9.99. The molecule has 184 valence electrons. The second-order valence-corrected chi connectivity index (χ2v) is 11.3. The molecule has 0 radical (unpaired) electrons. The van der Waals surface area contributed by atoms with Crippen LogP contribution in [0.25, 0.3) is 0 Å². The van der Waals surface area contributed by atoms with E-state index in [1.807, 2.05) is 6.07 Å². The highest BCUT2D eigenvalue weighted by Gasteiger charge is 2.40. The third-order valence-corrected chi connectivity index (χ3v) is 7.86. The highest BCUT2D eigenvalue weighted by molar-refractivity contribution is 7.89. The first-order valence-corrected chi connectivity index (χ1v) is 11.7. The number of anilines is 1. The maximum absolute atomic E-state index is 13.4. The average Bonchev–Trinajstić information content (AvgIpc) is 2.94. The molecule has 1 saturated heterocycles. The van der Waals surface area contributed by atoms with Gasteiger partial charge in [-0.25, -0.2) is 12.7 Å². The number of carbonyl (C=O) groups excluding carboxylic acids is 1. The first kappa shape index (κ1) is 29.1. The quantitative estimate of drug-likeness (QED) is 0.627. The Labute approximate surface area is 204 Å². The lowest BCUT2D eigenvalue weighted by molar-refractivity contribution is -0.121. The number of fused-ring (bicyclic) bond motifs is 1. The first-order chi connectivity index (χ1) is 14.0. The van der Waals surface area contributed by atoms with Gasteiger partial charge in [0.25, 0.3) is 0 Å². The largest absolute Gasteiger partial charge is 0.383 e. The van der Waals surface area contributed by atoms with Crippen LogP contribution >= 0.6 is 24.8 Å². The summed E-state index contributed by atoms with van der Waals surface area (Å²) >= 11 is 0. The van der Waals surface area contributed by atoms with Gasteiger partial charge < -0.3 is 15.0 Å². The lowest BCUT2D eigenvalue weighted by Gasteiger charge is -2.39. The van der Waals surface area contributed by atoms with Crippen molar-refractivity contribution in [1.82, 2.24) is 14.5 Å². The zero-order valence-corrected chi connectivity index (χ0v) is 22.1. The summed E-state index contributed by atoms with van der Waals surface area (Å²) in [5, 5.41) is 3.44. The second kappa shape index (κ2) is 11.0. The predicted octanol–water partition coefficient (Wildman–Crippen LogP) is 1.71. The van der Waals surface area contributed by atoms with E-state index in [0.29, 0.717) is 24.9 Å². The van der Waals surface area contributed by atoms with E-state index in [2.05, 4.69) is 31.0 Å². The number of sulfonamides is 1. The van der Waals surface area contributed by atoms with Crippen molar-refractivity contribution in [3.8, 4) is 0 Å². The van der Waals surface area contributed by atoms with Gasteiger partial charge in [0.05, 0.1) is 18.0 Å². The van der Waals surface area contributed by atoms with Crippen LogP contribution in [-0.4, -0.2) is 89.6 Å². The molecule has 0 spiro atoms. The summed E-state index contributed by atoms with van der Waals surface area (Å²) < 4.78 is 31.8. The Morgan fingerprint density at radius 3 is 2.53 bits per heavy atom. The molecule has 0 aliphatic carbocycles. The van der Waals surface area contributed by atoms with Crippen LogP contribution < -0.4 is 10.2 Å². The number of piperazine rings is 1. The molecular formula is C21H36Cl2N4O4S. The minimum Gasteiger partial charge on any atom is -0.383 e. The standard InChI is InChI=1S/C21H34N4O4S.2ClH/c1-15-11-24(16(10-22-15)13-29-6)12-20(26)25-14-21(2,3)18-8-7-17(9-19(18)25)30(27,28)23(4)5;;/h7-9,15-16,22H,10-14H2,1-6H3;2*1H/t15-,16-;;/m1../s1. The smallest absolute Gasteiger partial charge is 0.242 e. The molecule has 1 amide bonds. The summed E-state index contributed by atoms with van der Waals surface area (Å²) in [7, 11) is 1.12. The summed E-state index contributed by atoms with van der Waals surface area (Å²) in [4.78, 5) is 17.5. The van der Waals surface area contributed by atoms with Crippen LogP contribution in [-0.2, 0) is 25.0 Å². The van der Waals surface area contributed by atoms with E-state index in [9.17, 15) is 13.2 Å². The van der Waals surface area contributed by atoms with Gasteiger partial charge in [0.1, 0.15) is 0 Å². The number of hydrogen-bond acceptors (Lipinski definition) is 6. The summed E-state index contributed by atoms with van der Waals surface area (Å²) in [5.41, 5.74) is 1.45. The third kappa shape index (κ3) is 5.75. The SMILES string of the molecule is COC[C@H]1CN[C@H](C)CN1CC(=O)N1CC(C)(C)c2ccc(S(=O)(=O)N(C)C)cc21.Cl.Cl. The van der Waals surface area contributed by atoms with E-state index in [0.717, 1.165) is 18.7 Å². The monoisotopic (exact) mass is 510 g/mol. The molecule has 32 heavy (non-hydrogen) atoms. The van der Waals surface area contributed by atoms with Gasteiger partial charge in [-0.2, -0.15) is 0 Å². The van der Waals surface area contributed by atoms with E-state index in [1.165, 1.54) is 18.4 Å². The fourth-order valence-corrected chi connectivity index (χ4v) is 5.23. The number of halogens is 2. The molecule has 1 aromatic carbocycles. The molecule has 2 heterocycles. The molecule has 0 saturated carbocycles. The van der Waals surface area contributed by atoms with Crippen molar-refractivity contribution in [1.29, 1.82) is 0 Å². The number of benzene rings is 1. The zero-order chi connectivity index (χ0) is 22.3. The van der Waals surface area contributed by atoms with Crippen molar-refractivity contribution in [3.63, 3.8) is 0 Å². The number of amides is 1. The van der Waals surface area contributed by atoms with Crippen molar-refractivity contribution in [3.05, 3.63) is 23.8 Å². The number of nitrogens with zero attached hydrogens (tertiary/aromatic N) is 3. The Morgan fingerprint density at radius 1 is 1.28 bits per heavy atom. The number of nitrogens with one attached hydrogen (secondary N) is 1. The summed E-state index contributed by atoms with van der Waals surface area (Å²) in [5.74, 6) is -0.0172. The van der Waals surface area contributed by atoms with Crippen LogP contribution in [0, 0.1) is 0 Å². The van der Waals surface area contributed by atoms with Crippen LogP contribution in [0.5, 0.6) is 0 Å². The minimum atomic E-state index is -3.58. The first-order valence-electron chi connectivity index (χ1n) is 10.3. The maximum Gasteiger partial charge on any atom is 0.242 e. The molecule has 1 aromatic rings. The lowest BCUT2D eigenvalue weighted by Crippen LogP contribution is -2.59. The van der Waals surface area contributed by atoms with Crippen LogP contribution in [0.2, 0.25) is 0 Å². The molecule has 2 aliphatic heterocycles.